The smallest absolute Gasteiger partial charge is 0.394 e. The molecule has 1 aliphatic rings. The molecule has 0 aliphatic carbocycles. The van der Waals surface area contributed by atoms with E-state index in [-0.39, 0.29) is 5.69 Å². The van der Waals surface area contributed by atoms with Gasteiger partial charge in [0.05, 0.1) is 6.61 Å². The summed E-state index contributed by atoms with van der Waals surface area (Å²) in [6.07, 6.45) is -2.69. The van der Waals surface area contributed by atoms with Crippen molar-refractivity contribution in [2.24, 2.45) is 0 Å². The molecule has 2 aromatic heterocycles. The molecule has 2 aromatic rings. The fraction of sp³-hybridized carbons (Fsp3) is 0.455. The Kier molecular flexibility index (Phi) is 2.86. The number of aromatic nitrogens is 3. The summed E-state index contributed by atoms with van der Waals surface area (Å²) in [7, 11) is 0. The Labute approximate surface area is 107 Å². The molecule has 0 spiro atoms. The van der Waals surface area contributed by atoms with Gasteiger partial charge in [0, 0.05) is 6.07 Å². The molecule has 1 saturated heterocycles. The van der Waals surface area contributed by atoms with Crippen LogP contribution in [0.1, 0.15) is 6.23 Å². The lowest BCUT2D eigenvalue weighted by Gasteiger charge is -2.10. The quantitative estimate of drug-likeness (QED) is 0.451. The maximum absolute atomic E-state index is 11.7. The van der Waals surface area contributed by atoms with Crippen molar-refractivity contribution in [3.63, 3.8) is 0 Å². The normalized spacial score (nSPS) is 31.1. The van der Waals surface area contributed by atoms with Crippen molar-refractivity contribution < 1.29 is 24.7 Å². The van der Waals surface area contributed by atoms with Gasteiger partial charge in [0.1, 0.15) is 18.4 Å². The van der Waals surface area contributed by atoms with Gasteiger partial charge in [0.2, 0.25) is 0 Å². The van der Waals surface area contributed by atoms with Crippen molar-refractivity contribution in [3.8, 4) is 0 Å². The molecular formula is C11H14N3O5+. The van der Waals surface area contributed by atoms with Crippen molar-refractivity contribution >= 4 is 5.65 Å². The average Bonchev–Trinajstić information content (AvgIpc) is 2.90. The molecule has 0 bridgehead atoms. The second-order valence-electron chi connectivity index (χ2n) is 4.44. The van der Waals surface area contributed by atoms with Crippen molar-refractivity contribution in [1.82, 2.24) is 9.50 Å². The number of aliphatic hydroxyl groups excluding tert-OH is 3. The standard InChI is InChI=1S/C11H13N3O5/c15-5-6-8(16)9(17)10(19-6)14-7-3-1-2-4-13(7)11(18)12-14/h1-4,6,8-10,15-17H,5H2/p+1/t6-,8-,9-,10-/m1/s1. The molecule has 0 unspecified atom stereocenters. The third kappa shape index (κ3) is 1.77. The summed E-state index contributed by atoms with van der Waals surface area (Å²) in [6, 6.07) is 5.11. The zero-order valence-electron chi connectivity index (χ0n) is 9.88. The molecule has 3 rings (SSSR count). The van der Waals surface area contributed by atoms with Gasteiger partial charge in [-0.05, 0) is 6.07 Å². The van der Waals surface area contributed by atoms with Gasteiger partial charge in [-0.3, -0.25) is 0 Å². The number of fused-ring (bicyclic) bond motifs is 1. The van der Waals surface area contributed by atoms with Gasteiger partial charge < -0.3 is 20.1 Å². The lowest BCUT2D eigenvalue weighted by Crippen LogP contribution is -2.49. The van der Waals surface area contributed by atoms with Crippen molar-refractivity contribution in [3.05, 3.63) is 34.9 Å². The molecule has 0 amide bonds. The van der Waals surface area contributed by atoms with Crippen LogP contribution in [0.2, 0.25) is 0 Å². The first-order valence-electron chi connectivity index (χ1n) is 5.87. The van der Waals surface area contributed by atoms with E-state index in [4.69, 9.17) is 9.84 Å². The molecule has 1 aliphatic heterocycles. The van der Waals surface area contributed by atoms with Gasteiger partial charge in [-0.2, -0.15) is 5.10 Å². The molecule has 3 heterocycles. The molecule has 1 fully saturated rings. The third-order valence-electron chi connectivity index (χ3n) is 3.29. The average molecular weight is 268 g/mol. The lowest BCUT2D eigenvalue weighted by molar-refractivity contribution is -0.792. The summed E-state index contributed by atoms with van der Waals surface area (Å²) >= 11 is 0. The van der Waals surface area contributed by atoms with E-state index < -0.39 is 31.1 Å². The Morgan fingerprint density at radius 2 is 2.16 bits per heavy atom. The van der Waals surface area contributed by atoms with E-state index in [2.05, 4.69) is 5.10 Å². The lowest BCUT2D eigenvalue weighted by atomic mass is 10.1. The number of ether oxygens (including phenoxy) is 1. The number of pyridine rings is 1. The summed E-state index contributed by atoms with van der Waals surface area (Å²) in [5, 5.41) is 31.3. The molecule has 4 N–H and O–H groups in total. The van der Waals surface area contributed by atoms with Gasteiger partial charge in [0.25, 0.3) is 6.23 Å². The topological polar surface area (TPSA) is 111 Å². The fourth-order valence-electron chi connectivity index (χ4n) is 2.30. The van der Waals surface area contributed by atoms with E-state index in [0.717, 1.165) is 0 Å². The first-order valence-corrected chi connectivity index (χ1v) is 5.87. The van der Waals surface area contributed by atoms with Crippen molar-refractivity contribution in [1.29, 1.82) is 0 Å². The van der Waals surface area contributed by atoms with Crippen LogP contribution in [0.5, 0.6) is 0 Å². The highest BCUT2D eigenvalue weighted by Gasteiger charge is 2.47. The third-order valence-corrected chi connectivity index (χ3v) is 3.29. The van der Waals surface area contributed by atoms with Crippen molar-refractivity contribution in [2.75, 3.05) is 6.61 Å². The Hall–Kier alpha value is -1.74. The molecule has 0 saturated carbocycles. The summed E-state index contributed by atoms with van der Waals surface area (Å²) in [5.74, 6) is 0. The van der Waals surface area contributed by atoms with Crippen LogP contribution in [0.25, 0.3) is 5.65 Å². The number of aliphatic hydroxyl groups is 3. The second-order valence-corrected chi connectivity index (χ2v) is 4.44. The number of hydrogen-bond acceptors (Lipinski definition) is 5. The van der Waals surface area contributed by atoms with Crippen molar-refractivity contribution in [2.45, 2.75) is 24.5 Å². The Balaban J connectivity index is 2.08. The monoisotopic (exact) mass is 268 g/mol. The van der Waals surface area contributed by atoms with E-state index in [0.29, 0.717) is 5.65 Å². The number of aromatic amines is 1. The minimum atomic E-state index is -1.23. The number of nitrogens with one attached hydrogen (secondary N) is 1. The second kappa shape index (κ2) is 4.42. The molecule has 102 valence electrons. The SMILES string of the molecule is O=c1[nH][n+]([C@@H]2O[C@H](CO)[C@@H](O)[C@H]2O)c2ccccn12. The van der Waals surface area contributed by atoms with Gasteiger partial charge in [-0.25, -0.2) is 4.79 Å². The summed E-state index contributed by atoms with van der Waals surface area (Å²) < 4.78 is 8.07. The largest absolute Gasteiger partial charge is 0.449 e. The molecule has 19 heavy (non-hydrogen) atoms. The molecule has 8 heteroatoms. The summed E-state index contributed by atoms with van der Waals surface area (Å²) in [4.78, 5) is 11.7. The van der Waals surface area contributed by atoms with E-state index in [9.17, 15) is 15.0 Å². The Morgan fingerprint density at radius 1 is 1.37 bits per heavy atom. The first kappa shape index (κ1) is 12.3. The van der Waals surface area contributed by atoms with Gasteiger partial charge >= 0.3 is 11.3 Å². The van der Waals surface area contributed by atoms with E-state index >= 15 is 0 Å². The van der Waals surface area contributed by atoms with Gasteiger partial charge in [0.15, 0.2) is 6.10 Å². The highest BCUT2D eigenvalue weighted by atomic mass is 16.6. The van der Waals surface area contributed by atoms with Crippen LogP contribution in [-0.4, -0.2) is 49.7 Å². The molecule has 4 atom stereocenters. The van der Waals surface area contributed by atoms with Crippen LogP contribution < -0.4 is 10.4 Å². The Morgan fingerprint density at radius 3 is 2.84 bits per heavy atom. The minimum absolute atomic E-state index is 0.381. The number of nitrogens with zero attached hydrogens (tertiary/aromatic N) is 2. The van der Waals surface area contributed by atoms with Gasteiger partial charge in [-0.15, -0.1) is 9.08 Å². The van der Waals surface area contributed by atoms with Gasteiger partial charge in [-0.1, -0.05) is 6.07 Å². The van der Waals surface area contributed by atoms with Crippen LogP contribution in [0.3, 0.4) is 0 Å². The number of H-pyrrole nitrogens is 1. The Bertz CT molecular complexity index is 651. The summed E-state index contributed by atoms with van der Waals surface area (Å²) in [6.45, 7) is -0.411. The molecular weight excluding hydrogens is 254 g/mol. The highest BCUT2D eigenvalue weighted by molar-refractivity contribution is 5.29. The predicted molar refractivity (Wildman–Crippen MR) is 61.2 cm³/mol. The van der Waals surface area contributed by atoms with E-state index in [1.165, 1.54) is 9.08 Å². The van der Waals surface area contributed by atoms with E-state index in [1.54, 1.807) is 24.4 Å². The zero-order valence-corrected chi connectivity index (χ0v) is 9.88. The van der Waals surface area contributed by atoms with Crippen LogP contribution >= 0.6 is 0 Å². The van der Waals surface area contributed by atoms with Crippen LogP contribution in [0.15, 0.2) is 29.2 Å². The number of rotatable bonds is 2. The zero-order chi connectivity index (χ0) is 13.6. The minimum Gasteiger partial charge on any atom is -0.394 e. The van der Waals surface area contributed by atoms with Crippen LogP contribution in [0, 0.1) is 0 Å². The predicted octanol–water partition coefficient (Wildman–Crippen LogP) is -2.47. The van der Waals surface area contributed by atoms with Crippen LogP contribution in [0.4, 0.5) is 0 Å². The first-order chi connectivity index (χ1) is 9.13. The fourth-order valence-corrected chi connectivity index (χ4v) is 2.30. The van der Waals surface area contributed by atoms with Crippen LogP contribution in [-0.2, 0) is 4.74 Å². The highest BCUT2D eigenvalue weighted by Crippen LogP contribution is 2.25. The molecule has 8 nitrogen and oxygen atoms in total. The van der Waals surface area contributed by atoms with E-state index in [1.807, 2.05) is 0 Å². The molecule has 0 aromatic carbocycles. The maximum atomic E-state index is 11.7. The number of hydrogen-bond donors (Lipinski definition) is 4. The maximum Gasteiger partial charge on any atom is 0.449 e. The summed E-state index contributed by atoms with van der Waals surface area (Å²) in [5.41, 5.74) is 0.107. The molecule has 0 radical (unpaired) electrons.